The zero-order valence-corrected chi connectivity index (χ0v) is 12.4. The highest BCUT2D eigenvalue weighted by molar-refractivity contribution is 5.33. The molecule has 1 aliphatic rings. The summed E-state index contributed by atoms with van der Waals surface area (Å²) in [6, 6.07) is 0.589. The van der Waals surface area contributed by atoms with Crippen molar-refractivity contribution >= 4 is 5.95 Å². The third kappa shape index (κ3) is 3.24. The van der Waals surface area contributed by atoms with Gasteiger partial charge in [0.2, 0.25) is 5.95 Å². The van der Waals surface area contributed by atoms with E-state index in [2.05, 4.69) is 28.8 Å². The van der Waals surface area contributed by atoms with Crippen LogP contribution in [-0.4, -0.2) is 23.1 Å². The van der Waals surface area contributed by atoms with Gasteiger partial charge < -0.3 is 10.6 Å². The van der Waals surface area contributed by atoms with Crippen LogP contribution in [0.15, 0.2) is 6.20 Å². The molecule has 1 saturated carbocycles. The molecule has 4 nitrogen and oxygen atoms in total. The van der Waals surface area contributed by atoms with Crippen molar-refractivity contribution in [1.29, 1.82) is 0 Å². The second kappa shape index (κ2) is 6.33. The molecule has 1 fully saturated rings. The van der Waals surface area contributed by atoms with E-state index in [0.29, 0.717) is 12.6 Å². The minimum absolute atomic E-state index is 0.511. The SMILES string of the molecule is CCC1CCC(N(C)c2ncc(CN)c(C)n2)CC1. The first kappa shape index (κ1) is 14.3. The molecule has 1 aromatic heterocycles. The molecule has 0 saturated heterocycles. The number of hydrogen-bond acceptors (Lipinski definition) is 4. The van der Waals surface area contributed by atoms with Gasteiger partial charge in [0.25, 0.3) is 0 Å². The van der Waals surface area contributed by atoms with Crippen molar-refractivity contribution in [3.05, 3.63) is 17.5 Å². The molecule has 1 heterocycles. The zero-order chi connectivity index (χ0) is 13.8. The van der Waals surface area contributed by atoms with Gasteiger partial charge in [-0.25, -0.2) is 9.97 Å². The van der Waals surface area contributed by atoms with Crippen LogP contribution in [0.1, 0.15) is 50.3 Å². The fraction of sp³-hybridized carbons (Fsp3) is 0.733. The lowest BCUT2D eigenvalue weighted by Gasteiger charge is -2.34. The highest BCUT2D eigenvalue weighted by Crippen LogP contribution is 2.30. The first-order chi connectivity index (χ1) is 9.15. The van der Waals surface area contributed by atoms with Crippen LogP contribution < -0.4 is 10.6 Å². The quantitative estimate of drug-likeness (QED) is 0.906. The van der Waals surface area contributed by atoms with Crippen LogP contribution >= 0.6 is 0 Å². The van der Waals surface area contributed by atoms with Gasteiger partial charge in [0.15, 0.2) is 0 Å². The number of rotatable bonds is 4. The monoisotopic (exact) mass is 262 g/mol. The van der Waals surface area contributed by atoms with Crippen molar-refractivity contribution in [2.75, 3.05) is 11.9 Å². The number of nitrogens with zero attached hydrogens (tertiary/aromatic N) is 3. The van der Waals surface area contributed by atoms with Crippen molar-refractivity contribution in [2.24, 2.45) is 11.7 Å². The first-order valence-corrected chi connectivity index (χ1v) is 7.41. The van der Waals surface area contributed by atoms with Crippen molar-refractivity contribution in [3.63, 3.8) is 0 Å². The van der Waals surface area contributed by atoms with Gasteiger partial charge in [-0.1, -0.05) is 13.3 Å². The first-order valence-electron chi connectivity index (χ1n) is 7.41. The van der Waals surface area contributed by atoms with Gasteiger partial charge in [0.1, 0.15) is 0 Å². The molecule has 0 bridgehead atoms. The van der Waals surface area contributed by atoms with Crippen LogP contribution in [0.5, 0.6) is 0 Å². The summed E-state index contributed by atoms with van der Waals surface area (Å²) in [7, 11) is 2.12. The average Bonchev–Trinajstić information content (AvgIpc) is 2.46. The van der Waals surface area contributed by atoms with E-state index < -0.39 is 0 Å². The van der Waals surface area contributed by atoms with Gasteiger partial charge >= 0.3 is 0 Å². The van der Waals surface area contributed by atoms with Gasteiger partial charge in [-0.15, -0.1) is 0 Å². The van der Waals surface area contributed by atoms with Gasteiger partial charge in [-0.05, 0) is 38.5 Å². The number of aryl methyl sites for hydroxylation is 1. The molecule has 0 unspecified atom stereocenters. The number of hydrogen-bond donors (Lipinski definition) is 1. The maximum absolute atomic E-state index is 5.66. The van der Waals surface area contributed by atoms with E-state index >= 15 is 0 Å². The Balaban J connectivity index is 2.03. The molecule has 2 rings (SSSR count). The van der Waals surface area contributed by atoms with Crippen LogP contribution in [-0.2, 0) is 6.54 Å². The normalized spacial score (nSPS) is 23.4. The van der Waals surface area contributed by atoms with E-state index in [1.807, 2.05) is 13.1 Å². The van der Waals surface area contributed by atoms with Crippen LogP contribution in [0, 0.1) is 12.8 Å². The summed E-state index contributed by atoms with van der Waals surface area (Å²) in [6.45, 7) is 4.82. The summed E-state index contributed by atoms with van der Waals surface area (Å²) in [5.41, 5.74) is 7.69. The van der Waals surface area contributed by atoms with Crippen molar-refractivity contribution < 1.29 is 0 Å². The number of aromatic nitrogens is 2. The summed E-state index contributed by atoms with van der Waals surface area (Å²) >= 11 is 0. The highest BCUT2D eigenvalue weighted by atomic mass is 15.2. The molecule has 2 N–H and O–H groups in total. The van der Waals surface area contributed by atoms with Gasteiger partial charge in [-0.3, -0.25) is 0 Å². The minimum Gasteiger partial charge on any atom is -0.341 e. The summed E-state index contributed by atoms with van der Waals surface area (Å²) in [5.74, 6) is 1.77. The van der Waals surface area contributed by atoms with Gasteiger partial charge in [-0.2, -0.15) is 0 Å². The van der Waals surface area contributed by atoms with Crippen LogP contribution in [0.25, 0.3) is 0 Å². The van der Waals surface area contributed by atoms with E-state index in [0.717, 1.165) is 23.1 Å². The predicted octanol–water partition coefficient (Wildman–Crippen LogP) is 2.65. The second-order valence-electron chi connectivity index (χ2n) is 5.68. The Kier molecular flexibility index (Phi) is 4.75. The molecular weight excluding hydrogens is 236 g/mol. The van der Waals surface area contributed by atoms with E-state index in [4.69, 9.17) is 5.73 Å². The molecule has 4 heteroatoms. The lowest BCUT2D eigenvalue weighted by Crippen LogP contribution is -2.36. The van der Waals surface area contributed by atoms with Gasteiger partial charge in [0.05, 0.1) is 0 Å². The average molecular weight is 262 g/mol. The van der Waals surface area contributed by atoms with E-state index in [9.17, 15) is 0 Å². The lowest BCUT2D eigenvalue weighted by atomic mass is 9.84. The molecule has 0 radical (unpaired) electrons. The summed E-state index contributed by atoms with van der Waals surface area (Å²) in [6.07, 6.45) is 8.38. The number of nitrogens with two attached hydrogens (primary N) is 1. The molecular formula is C15H26N4. The zero-order valence-electron chi connectivity index (χ0n) is 12.4. The Labute approximate surface area is 116 Å². The van der Waals surface area contributed by atoms with Crippen molar-refractivity contribution in [3.8, 4) is 0 Å². The highest BCUT2D eigenvalue weighted by Gasteiger charge is 2.24. The Morgan fingerprint density at radius 1 is 1.32 bits per heavy atom. The minimum atomic E-state index is 0.511. The second-order valence-corrected chi connectivity index (χ2v) is 5.68. The molecule has 0 spiro atoms. The Morgan fingerprint density at radius 2 is 2.00 bits per heavy atom. The third-order valence-electron chi connectivity index (χ3n) is 4.55. The maximum Gasteiger partial charge on any atom is 0.225 e. The maximum atomic E-state index is 5.66. The van der Waals surface area contributed by atoms with Crippen molar-refractivity contribution in [1.82, 2.24) is 9.97 Å². The Morgan fingerprint density at radius 3 is 2.53 bits per heavy atom. The lowest BCUT2D eigenvalue weighted by molar-refractivity contribution is 0.312. The number of anilines is 1. The van der Waals surface area contributed by atoms with Gasteiger partial charge in [0, 0.05) is 37.1 Å². The van der Waals surface area contributed by atoms with Crippen molar-refractivity contribution in [2.45, 2.75) is 58.5 Å². The fourth-order valence-corrected chi connectivity index (χ4v) is 2.95. The largest absolute Gasteiger partial charge is 0.341 e. The fourth-order valence-electron chi connectivity index (χ4n) is 2.95. The Hall–Kier alpha value is -1.16. The molecule has 0 aromatic carbocycles. The third-order valence-corrected chi connectivity index (χ3v) is 4.55. The molecule has 1 aliphatic carbocycles. The van der Waals surface area contributed by atoms with E-state index in [-0.39, 0.29) is 0 Å². The van der Waals surface area contributed by atoms with E-state index in [1.54, 1.807) is 0 Å². The van der Waals surface area contributed by atoms with E-state index in [1.165, 1.54) is 32.1 Å². The van der Waals surface area contributed by atoms with Crippen LogP contribution in [0.4, 0.5) is 5.95 Å². The molecule has 0 atom stereocenters. The summed E-state index contributed by atoms with van der Waals surface area (Å²) in [5, 5.41) is 0. The van der Waals surface area contributed by atoms with Crippen LogP contribution in [0.3, 0.4) is 0 Å². The predicted molar refractivity (Wildman–Crippen MR) is 79.1 cm³/mol. The molecule has 106 valence electrons. The standard InChI is InChI=1S/C15H26N4/c1-4-12-5-7-14(8-6-12)19(3)15-17-10-13(9-16)11(2)18-15/h10,12,14H,4-9,16H2,1-3H3. The molecule has 1 aromatic rings. The summed E-state index contributed by atoms with van der Waals surface area (Å²) in [4.78, 5) is 11.3. The molecule has 19 heavy (non-hydrogen) atoms. The van der Waals surface area contributed by atoms with Crippen LogP contribution in [0.2, 0.25) is 0 Å². The smallest absolute Gasteiger partial charge is 0.225 e. The Bertz CT molecular complexity index is 411. The molecule has 0 aliphatic heterocycles. The summed E-state index contributed by atoms with van der Waals surface area (Å²) < 4.78 is 0. The molecule has 0 amide bonds. The topological polar surface area (TPSA) is 55.0 Å².